The minimum absolute atomic E-state index is 0.141. The van der Waals surface area contributed by atoms with Crippen molar-refractivity contribution in [2.45, 2.75) is 26.3 Å². The van der Waals surface area contributed by atoms with Crippen LogP contribution in [-0.2, 0) is 6.42 Å². The number of aryl methyl sites for hydroxylation is 1. The van der Waals surface area contributed by atoms with Gasteiger partial charge in [-0.15, -0.1) is 0 Å². The average Bonchev–Trinajstić information content (AvgIpc) is 2.86. The van der Waals surface area contributed by atoms with Gasteiger partial charge in [-0.05, 0) is 38.4 Å². The van der Waals surface area contributed by atoms with Crippen molar-refractivity contribution in [3.63, 3.8) is 0 Å². The molecule has 1 aromatic heterocycles. The van der Waals surface area contributed by atoms with Crippen LogP contribution in [0.5, 0.6) is 0 Å². The lowest BCUT2D eigenvalue weighted by molar-refractivity contribution is 0.0933. The summed E-state index contributed by atoms with van der Waals surface area (Å²) in [4.78, 5) is 16.4. The lowest BCUT2D eigenvalue weighted by Gasteiger charge is -2.13. The Morgan fingerprint density at radius 2 is 2.20 bits per heavy atom. The molecule has 1 atom stereocenters. The standard InChI is InChI=1S/C15H19N3O2/c1-10-9-17-15(20-10)11(2)18-14(19)13-6-4-3-5-12(13)7-8-16/h3-6,9,11H,7-8,16H2,1-2H3,(H,18,19). The van der Waals surface area contributed by atoms with Crippen LogP contribution in [0.4, 0.5) is 0 Å². The minimum Gasteiger partial charge on any atom is -0.444 e. The summed E-state index contributed by atoms with van der Waals surface area (Å²) >= 11 is 0. The van der Waals surface area contributed by atoms with E-state index in [1.807, 2.05) is 32.0 Å². The Morgan fingerprint density at radius 1 is 1.45 bits per heavy atom. The molecule has 0 aliphatic heterocycles. The van der Waals surface area contributed by atoms with Crippen molar-refractivity contribution in [3.05, 3.63) is 53.2 Å². The van der Waals surface area contributed by atoms with Crippen LogP contribution in [0.15, 0.2) is 34.9 Å². The summed E-state index contributed by atoms with van der Waals surface area (Å²) in [5.74, 6) is 1.09. The smallest absolute Gasteiger partial charge is 0.252 e. The largest absolute Gasteiger partial charge is 0.444 e. The zero-order chi connectivity index (χ0) is 14.5. The van der Waals surface area contributed by atoms with Crippen LogP contribution < -0.4 is 11.1 Å². The van der Waals surface area contributed by atoms with Crippen LogP contribution in [0, 0.1) is 6.92 Å². The molecule has 2 aromatic rings. The molecular formula is C15H19N3O2. The number of carbonyl (C=O) groups is 1. The fourth-order valence-electron chi connectivity index (χ4n) is 2.02. The van der Waals surface area contributed by atoms with Crippen molar-refractivity contribution >= 4 is 5.91 Å². The van der Waals surface area contributed by atoms with Gasteiger partial charge in [0.1, 0.15) is 11.8 Å². The Bertz CT molecular complexity index is 592. The molecule has 0 aliphatic carbocycles. The molecule has 2 rings (SSSR count). The lowest BCUT2D eigenvalue weighted by Crippen LogP contribution is -2.28. The number of aromatic nitrogens is 1. The van der Waals surface area contributed by atoms with Gasteiger partial charge >= 0.3 is 0 Å². The molecule has 0 bridgehead atoms. The molecule has 5 nitrogen and oxygen atoms in total. The van der Waals surface area contributed by atoms with E-state index in [-0.39, 0.29) is 11.9 Å². The van der Waals surface area contributed by atoms with E-state index in [1.54, 1.807) is 12.3 Å². The van der Waals surface area contributed by atoms with Crippen molar-refractivity contribution in [3.8, 4) is 0 Å². The van der Waals surface area contributed by atoms with Gasteiger partial charge in [0.2, 0.25) is 5.89 Å². The second kappa shape index (κ2) is 6.34. The number of nitrogens with zero attached hydrogens (tertiary/aromatic N) is 1. The lowest BCUT2D eigenvalue weighted by atomic mass is 10.0. The van der Waals surface area contributed by atoms with Crippen LogP contribution in [0.2, 0.25) is 0 Å². The monoisotopic (exact) mass is 273 g/mol. The van der Waals surface area contributed by atoms with E-state index < -0.39 is 0 Å². The van der Waals surface area contributed by atoms with Crippen molar-refractivity contribution in [1.82, 2.24) is 10.3 Å². The Balaban J connectivity index is 2.12. The van der Waals surface area contributed by atoms with E-state index in [9.17, 15) is 4.79 Å². The van der Waals surface area contributed by atoms with Crippen molar-refractivity contribution < 1.29 is 9.21 Å². The molecule has 1 heterocycles. The molecule has 0 fully saturated rings. The molecule has 0 aliphatic rings. The van der Waals surface area contributed by atoms with Crippen LogP contribution in [0.3, 0.4) is 0 Å². The summed E-state index contributed by atoms with van der Waals surface area (Å²) in [6, 6.07) is 7.19. The van der Waals surface area contributed by atoms with Crippen LogP contribution in [0.25, 0.3) is 0 Å². The highest BCUT2D eigenvalue weighted by Gasteiger charge is 2.17. The third kappa shape index (κ3) is 3.24. The fourth-order valence-corrected chi connectivity index (χ4v) is 2.02. The molecular weight excluding hydrogens is 254 g/mol. The number of amides is 1. The van der Waals surface area contributed by atoms with E-state index in [4.69, 9.17) is 10.2 Å². The van der Waals surface area contributed by atoms with Gasteiger partial charge in [-0.25, -0.2) is 4.98 Å². The second-order valence-electron chi connectivity index (χ2n) is 4.70. The maximum Gasteiger partial charge on any atom is 0.252 e. The molecule has 0 saturated carbocycles. The second-order valence-corrected chi connectivity index (χ2v) is 4.70. The molecule has 0 spiro atoms. The van der Waals surface area contributed by atoms with Gasteiger partial charge in [0, 0.05) is 5.56 Å². The first-order valence-electron chi connectivity index (χ1n) is 6.63. The van der Waals surface area contributed by atoms with Gasteiger partial charge in [0.05, 0.1) is 6.20 Å². The highest BCUT2D eigenvalue weighted by atomic mass is 16.4. The van der Waals surface area contributed by atoms with Crippen LogP contribution >= 0.6 is 0 Å². The molecule has 106 valence electrons. The first kappa shape index (κ1) is 14.3. The Hall–Kier alpha value is -2.14. The van der Waals surface area contributed by atoms with Crippen molar-refractivity contribution in [2.24, 2.45) is 5.73 Å². The number of nitrogens with two attached hydrogens (primary N) is 1. The maximum absolute atomic E-state index is 12.3. The highest BCUT2D eigenvalue weighted by molar-refractivity contribution is 5.95. The first-order valence-corrected chi connectivity index (χ1v) is 6.63. The molecule has 0 saturated heterocycles. The Kier molecular flexibility index (Phi) is 4.53. The zero-order valence-electron chi connectivity index (χ0n) is 11.7. The normalized spacial score (nSPS) is 12.2. The number of oxazole rings is 1. The van der Waals surface area contributed by atoms with Gasteiger partial charge < -0.3 is 15.5 Å². The molecule has 0 radical (unpaired) electrons. The molecule has 1 unspecified atom stereocenters. The summed E-state index contributed by atoms with van der Waals surface area (Å²) in [5.41, 5.74) is 7.16. The van der Waals surface area contributed by atoms with Gasteiger partial charge in [0.15, 0.2) is 0 Å². The topological polar surface area (TPSA) is 81.2 Å². The van der Waals surface area contributed by atoms with Crippen molar-refractivity contribution in [2.75, 3.05) is 6.54 Å². The van der Waals surface area contributed by atoms with Gasteiger partial charge in [-0.1, -0.05) is 18.2 Å². The predicted octanol–water partition coefficient (Wildman–Crippen LogP) is 1.98. The number of nitrogens with one attached hydrogen (secondary N) is 1. The molecule has 1 aromatic carbocycles. The summed E-state index contributed by atoms with van der Waals surface area (Å²) < 4.78 is 5.41. The van der Waals surface area contributed by atoms with Crippen LogP contribution in [0.1, 0.15) is 40.5 Å². The Morgan fingerprint density at radius 3 is 2.85 bits per heavy atom. The quantitative estimate of drug-likeness (QED) is 0.872. The minimum atomic E-state index is -0.276. The van der Waals surface area contributed by atoms with E-state index >= 15 is 0 Å². The molecule has 1 amide bonds. The molecule has 5 heteroatoms. The number of benzene rings is 1. The summed E-state index contributed by atoms with van der Waals surface area (Å²) in [6.07, 6.45) is 2.32. The van der Waals surface area contributed by atoms with Gasteiger partial charge in [-0.3, -0.25) is 4.79 Å². The third-order valence-electron chi connectivity index (χ3n) is 3.03. The first-order chi connectivity index (χ1) is 9.61. The third-order valence-corrected chi connectivity index (χ3v) is 3.03. The number of rotatable bonds is 5. The van der Waals surface area contributed by atoms with Gasteiger partial charge in [0.25, 0.3) is 5.91 Å². The zero-order valence-corrected chi connectivity index (χ0v) is 11.7. The van der Waals surface area contributed by atoms with E-state index in [0.717, 1.165) is 11.3 Å². The number of hydrogen-bond donors (Lipinski definition) is 2. The number of carbonyl (C=O) groups excluding carboxylic acids is 1. The van der Waals surface area contributed by atoms with Crippen LogP contribution in [-0.4, -0.2) is 17.4 Å². The maximum atomic E-state index is 12.3. The summed E-state index contributed by atoms with van der Waals surface area (Å²) in [5, 5.41) is 2.89. The predicted molar refractivity (Wildman–Crippen MR) is 76.3 cm³/mol. The number of hydrogen-bond acceptors (Lipinski definition) is 4. The molecule has 20 heavy (non-hydrogen) atoms. The average molecular weight is 273 g/mol. The summed E-state index contributed by atoms with van der Waals surface area (Å²) in [6.45, 7) is 4.18. The van der Waals surface area contributed by atoms with Crippen molar-refractivity contribution in [1.29, 1.82) is 0 Å². The van der Waals surface area contributed by atoms with E-state index in [2.05, 4.69) is 10.3 Å². The Labute approximate surface area is 118 Å². The summed E-state index contributed by atoms with van der Waals surface area (Å²) in [7, 11) is 0. The molecule has 3 N–H and O–H groups in total. The van der Waals surface area contributed by atoms with E-state index in [0.29, 0.717) is 24.4 Å². The SMILES string of the molecule is Cc1cnc(C(C)NC(=O)c2ccccc2CCN)o1. The van der Waals surface area contributed by atoms with Gasteiger partial charge in [-0.2, -0.15) is 0 Å². The highest BCUT2D eigenvalue weighted by Crippen LogP contribution is 2.15. The van der Waals surface area contributed by atoms with E-state index in [1.165, 1.54) is 0 Å². The fraction of sp³-hybridized carbons (Fsp3) is 0.333.